The highest BCUT2D eigenvalue weighted by Crippen LogP contribution is 2.21. The zero-order valence-corrected chi connectivity index (χ0v) is 23.9. The van der Waals surface area contributed by atoms with E-state index in [4.69, 9.17) is 0 Å². The molecule has 192 valence electrons. The summed E-state index contributed by atoms with van der Waals surface area (Å²) >= 11 is 0. The lowest BCUT2D eigenvalue weighted by Gasteiger charge is -2.32. The minimum atomic E-state index is 0. The lowest BCUT2D eigenvalue weighted by atomic mass is 10.0. The first-order valence-corrected chi connectivity index (χ1v) is 14.5. The molecule has 1 rings (SSSR count). The molecule has 1 aliphatic rings. The molecule has 3 heteroatoms. The zero-order valence-electron chi connectivity index (χ0n) is 22.3. The van der Waals surface area contributed by atoms with Crippen molar-refractivity contribution in [3.05, 3.63) is 12.4 Å². The summed E-state index contributed by atoms with van der Waals surface area (Å²) in [5.41, 5.74) is 0. The van der Waals surface area contributed by atoms with Crippen LogP contribution in [-0.4, -0.2) is 29.1 Å². The normalized spacial score (nSPS) is 15.5. The molecule has 2 nitrogen and oxygen atoms in total. The van der Waals surface area contributed by atoms with Gasteiger partial charge in [0.2, 0.25) is 0 Å². The van der Waals surface area contributed by atoms with E-state index in [-0.39, 0.29) is 17.0 Å². The van der Waals surface area contributed by atoms with Crippen molar-refractivity contribution < 1.29 is 17.0 Å². The molecule has 0 aromatic heterocycles. The van der Waals surface area contributed by atoms with Crippen molar-refractivity contribution in [2.45, 2.75) is 162 Å². The van der Waals surface area contributed by atoms with E-state index in [1.54, 1.807) is 0 Å². The fraction of sp³-hybridized carbons (Fsp3) is 0.931. The number of hydrogen-bond acceptors (Lipinski definition) is 2. The van der Waals surface area contributed by atoms with E-state index in [1.165, 1.54) is 148 Å². The van der Waals surface area contributed by atoms with E-state index in [9.17, 15) is 0 Å². The molecule has 1 unspecified atom stereocenters. The molecule has 1 heterocycles. The molecule has 1 aliphatic heterocycles. The lowest BCUT2D eigenvalue weighted by molar-refractivity contribution is -0.00000697. The van der Waals surface area contributed by atoms with Crippen LogP contribution in [0.2, 0.25) is 0 Å². The first-order chi connectivity index (χ1) is 15.3. The van der Waals surface area contributed by atoms with Gasteiger partial charge in [-0.1, -0.05) is 136 Å². The summed E-state index contributed by atoms with van der Waals surface area (Å²) < 4.78 is 0. The van der Waals surface area contributed by atoms with Crippen LogP contribution in [0.3, 0.4) is 0 Å². The number of unbranched alkanes of at least 4 members (excludes halogenated alkanes) is 18. The molecule has 32 heavy (non-hydrogen) atoms. The van der Waals surface area contributed by atoms with Gasteiger partial charge >= 0.3 is 0 Å². The van der Waals surface area contributed by atoms with Gasteiger partial charge in [-0.25, -0.2) is 0 Å². The van der Waals surface area contributed by atoms with E-state index < -0.39 is 0 Å². The van der Waals surface area contributed by atoms with Crippen molar-refractivity contribution in [1.82, 2.24) is 9.80 Å². The molecule has 0 radical (unpaired) electrons. The fourth-order valence-electron chi connectivity index (χ4n) is 5.04. The van der Waals surface area contributed by atoms with Crippen LogP contribution in [-0.2, 0) is 0 Å². The Balaban J connectivity index is 0.00000961. The molecule has 1 atom stereocenters. The minimum absolute atomic E-state index is 0. The Kier molecular flexibility index (Phi) is 23.8. The molecule has 0 N–H and O–H groups in total. The van der Waals surface area contributed by atoms with Gasteiger partial charge in [0.05, 0.1) is 0 Å². The van der Waals surface area contributed by atoms with Crippen molar-refractivity contribution in [1.29, 1.82) is 0 Å². The van der Waals surface area contributed by atoms with Crippen LogP contribution in [0.15, 0.2) is 12.4 Å². The minimum Gasteiger partial charge on any atom is -1.00 e. The van der Waals surface area contributed by atoms with Crippen molar-refractivity contribution >= 4 is 0 Å². The van der Waals surface area contributed by atoms with E-state index in [2.05, 4.69) is 43.0 Å². The predicted molar refractivity (Wildman–Crippen MR) is 140 cm³/mol. The molecule has 0 saturated heterocycles. The Morgan fingerprint density at radius 3 is 1.00 bits per heavy atom. The highest BCUT2D eigenvalue weighted by atomic mass is 79.9. The second kappa shape index (κ2) is 24.0. The van der Waals surface area contributed by atoms with Gasteiger partial charge < -0.3 is 26.8 Å². The first-order valence-electron chi connectivity index (χ1n) is 14.5. The number of halogens is 1. The van der Waals surface area contributed by atoms with Crippen LogP contribution >= 0.6 is 0 Å². The number of rotatable bonds is 23. The molecule has 0 bridgehead atoms. The Hall–Kier alpha value is -0.180. The Morgan fingerprint density at radius 2 is 0.719 bits per heavy atom. The maximum Gasteiger partial charge on any atom is 0.100 e. The maximum atomic E-state index is 2.61. The molecule has 0 amide bonds. The van der Waals surface area contributed by atoms with Crippen LogP contribution < -0.4 is 17.0 Å². The lowest BCUT2D eigenvalue weighted by Crippen LogP contribution is -3.00. The zero-order chi connectivity index (χ0) is 22.4. The summed E-state index contributed by atoms with van der Waals surface area (Å²) in [5.74, 6) is 0. The molecular weight excluding hydrogens is 456 g/mol. The average Bonchev–Trinajstić information content (AvgIpc) is 3.18. The standard InChI is InChI=1S/C29H58N2.BrH/c1-4-7-9-11-13-14-15-16-17-18-19-20-22-24-26-31-28-27-30(29(31)6-3)25-23-21-12-10-8-5-2;/h27-29H,4-26H2,1-3H3;1H/p-1. The van der Waals surface area contributed by atoms with Gasteiger partial charge in [0.1, 0.15) is 6.17 Å². The summed E-state index contributed by atoms with van der Waals surface area (Å²) in [6, 6.07) is 0. The third kappa shape index (κ3) is 16.4. The van der Waals surface area contributed by atoms with Crippen LogP contribution in [0, 0.1) is 0 Å². The number of nitrogens with zero attached hydrogens (tertiary/aromatic N) is 2. The highest BCUT2D eigenvalue weighted by Gasteiger charge is 2.23. The van der Waals surface area contributed by atoms with Gasteiger partial charge in [0.25, 0.3) is 0 Å². The molecule has 0 aromatic rings. The van der Waals surface area contributed by atoms with Crippen molar-refractivity contribution in [2.75, 3.05) is 13.1 Å². The summed E-state index contributed by atoms with van der Waals surface area (Å²) in [6.07, 6.45) is 35.2. The second-order valence-corrected chi connectivity index (χ2v) is 10.0. The summed E-state index contributed by atoms with van der Waals surface area (Å²) in [5, 5.41) is 0. The smallest absolute Gasteiger partial charge is 0.100 e. The van der Waals surface area contributed by atoms with Gasteiger partial charge in [-0.3, -0.25) is 0 Å². The molecular formula is C29H58BrN2-. The van der Waals surface area contributed by atoms with Gasteiger partial charge in [0, 0.05) is 25.5 Å². The van der Waals surface area contributed by atoms with Crippen LogP contribution in [0.4, 0.5) is 0 Å². The Morgan fingerprint density at radius 1 is 0.438 bits per heavy atom. The fourth-order valence-corrected chi connectivity index (χ4v) is 5.04. The Labute approximate surface area is 213 Å². The van der Waals surface area contributed by atoms with Gasteiger partial charge in [-0.15, -0.1) is 0 Å². The summed E-state index contributed by atoms with van der Waals surface area (Å²) in [6.45, 7) is 9.45. The van der Waals surface area contributed by atoms with Gasteiger partial charge in [0.15, 0.2) is 0 Å². The monoisotopic (exact) mass is 513 g/mol. The largest absolute Gasteiger partial charge is 1.00 e. The van der Waals surface area contributed by atoms with Crippen LogP contribution in [0.5, 0.6) is 0 Å². The molecule has 0 spiro atoms. The van der Waals surface area contributed by atoms with Gasteiger partial charge in [-0.2, -0.15) is 0 Å². The highest BCUT2D eigenvalue weighted by molar-refractivity contribution is 4.96. The quantitative estimate of drug-likeness (QED) is 0.141. The molecule has 0 aliphatic carbocycles. The predicted octanol–water partition coefficient (Wildman–Crippen LogP) is 6.66. The summed E-state index contributed by atoms with van der Waals surface area (Å²) in [7, 11) is 0. The molecule has 0 saturated carbocycles. The molecule has 0 fully saturated rings. The maximum absolute atomic E-state index is 2.61. The first kappa shape index (κ1) is 31.8. The third-order valence-corrected chi connectivity index (χ3v) is 7.12. The van der Waals surface area contributed by atoms with Gasteiger partial charge in [-0.05, 0) is 19.3 Å². The topological polar surface area (TPSA) is 6.48 Å². The average molecular weight is 515 g/mol. The Bertz CT molecular complexity index is 399. The van der Waals surface area contributed by atoms with Crippen molar-refractivity contribution in [3.8, 4) is 0 Å². The van der Waals surface area contributed by atoms with E-state index >= 15 is 0 Å². The van der Waals surface area contributed by atoms with Crippen LogP contribution in [0.25, 0.3) is 0 Å². The third-order valence-electron chi connectivity index (χ3n) is 7.12. The molecule has 0 aromatic carbocycles. The summed E-state index contributed by atoms with van der Waals surface area (Å²) in [4.78, 5) is 5.21. The van der Waals surface area contributed by atoms with E-state index in [0.717, 1.165) is 0 Å². The van der Waals surface area contributed by atoms with Crippen LogP contribution in [0.1, 0.15) is 156 Å². The second-order valence-electron chi connectivity index (χ2n) is 10.0. The van der Waals surface area contributed by atoms with E-state index in [0.29, 0.717) is 6.17 Å². The van der Waals surface area contributed by atoms with E-state index in [1.807, 2.05) is 0 Å². The number of hydrogen-bond donors (Lipinski definition) is 0. The SMILES string of the molecule is CCCCCCCCCCCCCCCCN1C=CN(CCCCCCCC)C1CC.[Br-]. The van der Waals surface area contributed by atoms with Crippen molar-refractivity contribution in [2.24, 2.45) is 0 Å². The van der Waals surface area contributed by atoms with Crippen molar-refractivity contribution in [3.63, 3.8) is 0 Å².